The average molecular weight is 300 g/mol. The Morgan fingerprint density at radius 3 is 2.45 bits per heavy atom. The van der Waals surface area contributed by atoms with Crippen molar-refractivity contribution >= 4 is 0 Å². The van der Waals surface area contributed by atoms with Crippen LogP contribution in [0.1, 0.15) is 78.1 Å². The summed E-state index contributed by atoms with van der Waals surface area (Å²) in [4.78, 5) is 0. The standard InChI is InChI=1S/C21H32O/c1-4-21(22)14-11-18-16-9-8-15-7-5-6-12-19(15,2)17(16)10-13-20(18,21)3/h1,15-18,22H,5-14H2,2-3H3/t15-,16+,17-,18-,19+,20+,21+/m1/s1. The van der Waals surface area contributed by atoms with E-state index in [2.05, 4.69) is 19.8 Å². The first-order valence-electron chi connectivity index (χ1n) is 9.65. The minimum atomic E-state index is -0.840. The molecule has 4 aliphatic carbocycles. The van der Waals surface area contributed by atoms with Gasteiger partial charge in [-0.1, -0.05) is 32.6 Å². The molecule has 4 rings (SSSR count). The fourth-order valence-electron chi connectivity index (χ4n) is 7.55. The molecule has 22 heavy (non-hydrogen) atoms. The van der Waals surface area contributed by atoms with Crippen molar-refractivity contribution < 1.29 is 5.11 Å². The summed E-state index contributed by atoms with van der Waals surface area (Å²) in [6, 6.07) is 0. The Kier molecular flexibility index (Phi) is 3.26. The van der Waals surface area contributed by atoms with Crippen molar-refractivity contribution in [2.75, 3.05) is 0 Å². The van der Waals surface area contributed by atoms with E-state index < -0.39 is 5.60 Å². The molecule has 0 unspecified atom stereocenters. The van der Waals surface area contributed by atoms with Gasteiger partial charge in [0.2, 0.25) is 0 Å². The highest BCUT2D eigenvalue weighted by Crippen LogP contribution is 2.68. The topological polar surface area (TPSA) is 20.2 Å². The number of rotatable bonds is 0. The highest BCUT2D eigenvalue weighted by Gasteiger charge is 2.63. The van der Waals surface area contributed by atoms with Crippen molar-refractivity contribution in [3.05, 3.63) is 0 Å². The lowest BCUT2D eigenvalue weighted by molar-refractivity contribution is -0.134. The van der Waals surface area contributed by atoms with Crippen molar-refractivity contribution in [3.8, 4) is 12.3 Å². The third-order valence-electron chi connectivity index (χ3n) is 8.97. The number of hydrogen-bond donors (Lipinski definition) is 1. The van der Waals surface area contributed by atoms with Crippen LogP contribution in [0.15, 0.2) is 0 Å². The lowest BCUT2D eigenvalue weighted by Crippen LogP contribution is -2.55. The maximum atomic E-state index is 11.0. The number of hydrogen-bond acceptors (Lipinski definition) is 1. The van der Waals surface area contributed by atoms with Crippen LogP contribution in [0.2, 0.25) is 0 Å². The van der Waals surface area contributed by atoms with Crippen LogP contribution in [0.5, 0.6) is 0 Å². The molecule has 1 heteroatoms. The van der Waals surface area contributed by atoms with Gasteiger partial charge >= 0.3 is 0 Å². The first-order valence-corrected chi connectivity index (χ1v) is 9.65. The van der Waals surface area contributed by atoms with Gasteiger partial charge in [-0.3, -0.25) is 0 Å². The van der Waals surface area contributed by atoms with E-state index in [1.165, 1.54) is 44.9 Å². The summed E-state index contributed by atoms with van der Waals surface area (Å²) in [5, 5.41) is 11.0. The van der Waals surface area contributed by atoms with E-state index >= 15 is 0 Å². The zero-order valence-electron chi connectivity index (χ0n) is 14.4. The van der Waals surface area contributed by atoms with E-state index in [1.54, 1.807) is 0 Å². The summed E-state index contributed by atoms with van der Waals surface area (Å²) < 4.78 is 0. The molecule has 0 bridgehead atoms. The van der Waals surface area contributed by atoms with Crippen LogP contribution in [-0.4, -0.2) is 10.7 Å². The third-order valence-corrected chi connectivity index (χ3v) is 8.97. The van der Waals surface area contributed by atoms with Gasteiger partial charge < -0.3 is 5.11 Å². The molecule has 4 saturated carbocycles. The zero-order chi connectivity index (χ0) is 15.6. The molecule has 1 N–H and O–H groups in total. The minimum absolute atomic E-state index is 0.0270. The second-order valence-electron chi connectivity index (χ2n) is 9.40. The molecule has 0 amide bonds. The summed E-state index contributed by atoms with van der Waals surface area (Å²) in [5.41, 5.74) is -0.285. The first kappa shape index (κ1) is 15.1. The van der Waals surface area contributed by atoms with E-state index in [9.17, 15) is 5.11 Å². The summed E-state index contributed by atoms with van der Waals surface area (Å²) in [6.45, 7) is 4.91. The van der Waals surface area contributed by atoms with Crippen LogP contribution in [0.25, 0.3) is 0 Å². The van der Waals surface area contributed by atoms with Gasteiger partial charge in [0, 0.05) is 5.41 Å². The SMILES string of the molecule is C#C[C@]1(O)CC[C@@H]2[C@H]3CC[C@H]4CCCC[C@]4(C)[C@@H]3CC[C@@]21C. The number of aliphatic hydroxyl groups is 1. The summed E-state index contributed by atoms with van der Waals surface area (Å²) >= 11 is 0. The molecule has 0 aromatic carbocycles. The lowest BCUT2D eigenvalue weighted by atomic mass is 9.44. The Hall–Kier alpha value is -0.480. The lowest BCUT2D eigenvalue weighted by Gasteiger charge is -2.60. The number of fused-ring (bicyclic) bond motifs is 5. The second kappa shape index (κ2) is 4.76. The summed E-state index contributed by atoms with van der Waals surface area (Å²) in [7, 11) is 0. The molecule has 0 spiro atoms. The third kappa shape index (κ3) is 1.71. The van der Waals surface area contributed by atoms with Gasteiger partial charge in [0.1, 0.15) is 5.60 Å². The second-order valence-corrected chi connectivity index (χ2v) is 9.40. The molecular weight excluding hydrogens is 268 g/mol. The van der Waals surface area contributed by atoms with E-state index in [0.29, 0.717) is 11.3 Å². The fraction of sp³-hybridized carbons (Fsp3) is 0.905. The van der Waals surface area contributed by atoms with E-state index in [0.717, 1.165) is 37.0 Å². The van der Waals surface area contributed by atoms with E-state index in [-0.39, 0.29) is 5.41 Å². The molecule has 1 nitrogen and oxygen atoms in total. The minimum Gasteiger partial charge on any atom is -0.377 e. The van der Waals surface area contributed by atoms with Gasteiger partial charge in [-0.2, -0.15) is 0 Å². The van der Waals surface area contributed by atoms with Crippen LogP contribution in [-0.2, 0) is 0 Å². The summed E-state index contributed by atoms with van der Waals surface area (Å²) in [5.74, 6) is 6.14. The monoisotopic (exact) mass is 300 g/mol. The van der Waals surface area contributed by atoms with Crippen LogP contribution in [0.3, 0.4) is 0 Å². The van der Waals surface area contributed by atoms with Gasteiger partial charge in [0.05, 0.1) is 0 Å². The van der Waals surface area contributed by atoms with Crippen molar-refractivity contribution in [2.45, 2.75) is 83.7 Å². The van der Waals surface area contributed by atoms with Crippen molar-refractivity contribution in [2.24, 2.45) is 34.5 Å². The molecule has 0 heterocycles. The van der Waals surface area contributed by atoms with Gasteiger partial charge in [-0.05, 0) is 80.5 Å². The molecule has 0 aromatic rings. The average Bonchev–Trinajstić information content (AvgIpc) is 2.79. The smallest absolute Gasteiger partial charge is 0.130 e. The Bertz CT molecular complexity index is 505. The molecule has 4 aliphatic rings. The fourth-order valence-corrected chi connectivity index (χ4v) is 7.55. The molecular formula is C21H32O. The Balaban J connectivity index is 1.67. The first-order chi connectivity index (χ1) is 10.4. The quantitative estimate of drug-likeness (QED) is 0.638. The molecule has 0 radical (unpaired) electrons. The van der Waals surface area contributed by atoms with Crippen molar-refractivity contribution in [3.63, 3.8) is 0 Å². The van der Waals surface area contributed by atoms with Gasteiger partial charge in [-0.25, -0.2) is 0 Å². The van der Waals surface area contributed by atoms with Crippen LogP contribution in [0, 0.1) is 46.8 Å². The highest BCUT2D eigenvalue weighted by molar-refractivity contribution is 5.23. The molecule has 0 aliphatic heterocycles. The predicted molar refractivity (Wildman–Crippen MR) is 90.1 cm³/mol. The van der Waals surface area contributed by atoms with Gasteiger partial charge in [-0.15, -0.1) is 6.42 Å². The van der Waals surface area contributed by atoms with Crippen molar-refractivity contribution in [1.82, 2.24) is 0 Å². The zero-order valence-corrected chi connectivity index (χ0v) is 14.4. The molecule has 122 valence electrons. The predicted octanol–water partition coefficient (Wildman–Crippen LogP) is 4.78. The van der Waals surface area contributed by atoms with E-state index in [1.807, 2.05) is 0 Å². The maximum Gasteiger partial charge on any atom is 0.130 e. The van der Waals surface area contributed by atoms with Crippen LogP contribution < -0.4 is 0 Å². The Labute approximate surface area is 136 Å². The van der Waals surface area contributed by atoms with Gasteiger partial charge in [0.15, 0.2) is 0 Å². The van der Waals surface area contributed by atoms with Crippen LogP contribution >= 0.6 is 0 Å². The Morgan fingerprint density at radius 1 is 0.909 bits per heavy atom. The molecule has 0 aromatic heterocycles. The largest absolute Gasteiger partial charge is 0.377 e. The molecule has 0 saturated heterocycles. The maximum absolute atomic E-state index is 11.0. The molecule has 7 atom stereocenters. The highest BCUT2D eigenvalue weighted by atomic mass is 16.3. The van der Waals surface area contributed by atoms with Gasteiger partial charge in [0.25, 0.3) is 0 Å². The van der Waals surface area contributed by atoms with Crippen molar-refractivity contribution in [1.29, 1.82) is 0 Å². The molecule has 4 fully saturated rings. The van der Waals surface area contributed by atoms with E-state index in [4.69, 9.17) is 6.42 Å². The number of terminal acetylenes is 1. The Morgan fingerprint density at radius 2 is 1.68 bits per heavy atom. The normalized spacial score (nSPS) is 57.4. The summed E-state index contributed by atoms with van der Waals surface area (Å²) in [6.07, 6.45) is 18.8. The van der Waals surface area contributed by atoms with Crippen LogP contribution in [0.4, 0.5) is 0 Å².